The van der Waals surface area contributed by atoms with E-state index in [0.717, 1.165) is 31.9 Å². The van der Waals surface area contributed by atoms with Gasteiger partial charge in [0.25, 0.3) is 5.91 Å². The molecule has 0 radical (unpaired) electrons. The third kappa shape index (κ3) is 4.33. The van der Waals surface area contributed by atoms with Crippen LogP contribution in [0.1, 0.15) is 16.1 Å². The molecule has 1 aliphatic rings. The third-order valence-electron chi connectivity index (χ3n) is 4.15. The third-order valence-corrected chi connectivity index (χ3v) is 4.15. The lowest BCUT2D eigenvalue weighted by atomic mass is 10.1. The number of hydrogen-bond donors (Lipinski definition) is 2. The van der Waals surface area contributed by atoms with Gasteiger partial charge in [-0.2, -0.15) is 5.10 Å². The number of nitrogens with zero attached hydrogens (tertiary/aromatic N) is 4. The van der Waals surface area contributed by atoms with Gasteiger partial charge in [-0.15, -0.1) is 0 Å². The van der Waals surface area contributed by atoms with Gasteiger partial charge < -0.3 is 14.9 Å². The van der Waals surface area contributed by atoms with E-state index in [1.807, 2.05) is 12.1 Å². The SMILES string of the molecule is CN1CCN(c2ccc(O)c(C=NNC(=O)c3ccccn3)c2)CC1. The number of hydrazone groups is 1. The van der Waals surface area contributed by atoms with Crippen molar-refractivity contribution in [2.75, 3.05) is 38.1 Å². The predicted molar refractivity (Wildman–Crippen MR) is 97.1 cm³/mol. The van der Waals surface area contributed by atoms with Crippen LogP contribution < -0.4 is 10.3 Å². The van der Waals surface area contributed by atoms with E-state index in [0.29, 0.717) is 5.56 Å². The topological polar surface area (TPSA) is 81.1 Å². The summed E-state index contributed by atoms with van der Waals surface area (Å²) in [6.07, 6.45) is 2.99. The van der Waals surface area contributed by atoms with E-state index in [4.69, 9.17) is 0 Å². The van der Waals surface area contributed by atoms with Gasteiger partial charge in [0.05, 0.1) is 6.21 Å². The number of hydrogen-bond acceptors (Lipinski definition) is 6. The molecule has 0 spiro atoms. The molecular weight excluding hydrogens is 318 g/mol. The maximum atomic E-state index is 11.9. The number of aromatic hydroxyl groups is 1. The average molecular weight is 339 g/mol. The number of phenolic OH excluding ortho intramolecular Hbond substituents is 1. The van der Waals surface area contributed by atoms with Crippen molar-refractivity contribution in [1.82, 2.24) is 15.3 Å². The molecule has 130 valence electrons. The number of anilines is 1. The highest BCUT2D eigenvalue weighted by molar-refractivity contribution is 5.93. The number of pyridine rings is 1. The molecule has 0 atom stereocenters. The molecule has 2 aromatic rings. The zero-order valence-corrected chi connectivity index (χ0v) is 14.1. The predicted octanol–water partition coefficient (Wildman–Crippen LogP) is 1.30. The molecule has 0 unspecified atom stereocenters. The number of carbonyl (C=O) groups excluding carboxylic acids is 1. The molecule has 1 aromatic heterocycles. The Hall–Kier alpha value is -2.93. The van der Waals surface area contributed by atoms with Crippen LogP contribution in [0.2, 0.25) is 0 Å². The molecular formula is C18H21N5O2. The zero-order valence-electron chi connectivity index (χ0n) is 14.1. The van der Waals surface area contributed by atoms with Gasteiger partial charge in [-0.3, -0.25) is 9.78 Å². The van der Waals surface area contributed by atoms with E-state index in [1.165, 1.54) is 6.21 Å². The van der Waals surface area contributed by atoms with Crippen molar-refractivity contribution in [1.29, 1.82) is 0 Å². The second kappa shape index (κ2) is 7.76. The first-order valence-electron chi connectivity index (χ1n) is 8.14. The molecule has 2 N–H and O–H groups in total. The Labute approximate surface area is 146 Å². The van der Waals surface area contributed by atoms with Gasteiger partial charge in [0.1, 0.15) is 11.4 Å². The Kier molecular flexibility index (Phi) is 5.25. The molecule has 1 aromatic carbocycles. The van der Waals surface area contributed by atoms with E-state index in [-0.39, 0.29) is 11.4 Å². The van der Waals surface area contributed by atoms with Gasteiger partial charge in [0.15, 0.2) is 0 Å². The van der Waals surface area contributed by atoms with Crippen molar-refractivity contribution in [2.24, 2.45) is 5.10 Å². The lowest BCUT2D eigenvalue weighted by Gasteiger charge is -2.34. The van der Waals surface area contributed by atoms with Gasteiger partial charge in [0, 0.05) is 43.6 Å². The van der Waals surface area contributed by atoms with E-state index in [2.05, 4.69) is 32.4 Å². The van der Waals surface area contributed by atoms with Gasteiger partial charge >= 0.3 is 0 Å². The summed E-state index contributed by atoms with van der Waals surface area (Å²) in [6, 6.07) is 10.5. The maximum absolute atomic E-state index is 11.9. The van der Waals surface area contributed by atoms with Crippen LogP contribution in [0.4, 0.5) is 5.69 Å². The molecule has 2 heterocycles. The second-order valence-corrected chi connectivity index (χ2v) is 5.95. The summed E-state index contributed by atoms with van der Waals surface area (Å²) >= 11 is 0. The number of phenols is 1. The Balaban J connectivity index is 1.67. The lowest BCUT2D eigenvalue weighted by Crippen LogP contribution is -2.44. The maximum Gasteiger partial charge on any atom is 0.289 e. The smallest absolute Gasteiger partial charge is 0.289 e. The van der Waals surface area contributed by atoms with Crippen molar-refractivity contribution in [3.05, 3.63) is 53.9 Å². The molecule has 0 saturated carbocycles. The normalized spacial score (nSPS) is 15.5. The summed E-state index contributed by atoms with van der Waals surface area (Å²) in [5.74, 6) is -0.278. The number of nitrogens with one attached hydrogen (secondary N) is 1. The number of amides is 1. The van der Waals surface area contributed by atoms with Gasteiger partial charge in [-0.1, -0.05) is 6.07 Å². The zero-order chi connectivity index (χ0) is 17.6. The summed E-state index contributed by atoms with van der Waals surface area (Å²) < 4.78 is 0. The van der Waals surface area contributed by atoms with Crippen LogP contribution in [0.3, 0.4) is 0 Å². The number of piperazine rings is 1. The number of rotatable bonds is 4. The van der Waals surface area contributed by atoms with Crippen molar-refractivity contribution in [3.63, 3.8) is 0 Å². The molecule has 1 amide bonds. The fraction of sp³-hybridized carbons (Fsp3) is 0.278. The van der Waals surface area contributed by atoms with Crippen molar-refractivity contribution in [2.45, 2.75) is 0 Å². The Morgan fingerprint density at radius 2 is 2.04 bits per heavy atom. The van der Waals surface area contributed by atoms with Crippen molar-refractivity contribution >= 4 is 17.8 Å². The number of benzene rings is 1. The Bertz CT molecular complexity index is 755. The molecule has 0 bridgehead atoms. The van der Waals surface area contributed by atoms with E-state index in [9.17, 15) is 9.90 Å². The summed E-state index contributed by atoms with van der Waals surface area (Å²) in [5.41, 5.74) is 4.29. The number of carbonyl (C=O) groups is 1. The monoisotopic (exact) mass is 339 g/mol. The minimum absolute atomic E-state index is 0.119. The first-order chi connectivity index (χ1) is 12.1. The van der Waals surface area contributed by atoms with E-state index >= 15 is 0 Å². The molecule has 1 fully saturated rings. The van der Waals surface area contributed by atoms with Gasteiger partial charge in [-0.25, -0.2) is 5.43 Å². The van der Waals surface area contributed by atoms with Crippen molar-refractivity contribution in [3.8, 4) is 5.75 Å². The first-order valence-corrected chi connectivity index (χ1v) is 8.14. The average Bonchev–Trinajstić information content (AvgIpc) is 2.64. The van der Waals surface area contributed by atoms with Crippen LogP contribution in [-0.2, 0) is 0 Å². The fourth-order valence-electron chi connectivity index (χ4n) is 2.62. The number of aromatic nitrogens is 1. The summed E-state index contributed by atoms with van der Waals surface area (Å²) in [5, 5.41) is 13.9. The quantitative estimate of drug-likeness (QED) is 0.648. The number of likely N-dealkylation sites (N-methyl/N-ethyl adjacent to an activating group) is 1. The second-order valence-electron chi connectivity index (χ2n) is 5.95. The van der Waals surface area contributed by atoms with E-state index in [1.54, 1.807) is 30.5 Å². The first kappa shape index (κ1) is 16.9. The minimum Gasteiger partial charge on any atom is -0.507 e. The van der Waals surface area contributed by atoms with Crippen LogP contribution in [0.25, 0.3) is 0 Å². The minimum atomic E-state index is -0.397. The van der Waals surface area contributed by atoms with Crippen LogP contribution >= 0.6 is 0 Å². The summed E-state index contributed by atoms with van der Waals surface area (Å²) in [4.78, 5) is 20.4. The van der Waals surface area contributed by atoms with Gasteiger partial charge in [0.2, 0.25) is 0 Å². The van der Waals surface area contributed by atoms with Crippen LogP contribution in [0.5, 0.6) is 5.75 Å². The largest absolute Gasteiger partial charge is 0.507 e. The lowest BCUT2D eigenvalue weighted by molar-refractivity contribution is 0.0950. The highest BCUT2D eigenvalue weighted by Gasteiger charge is 2.15. The highest BCUT2D eigenvalue weighted by Crippen LogP contribution is 2.23. The summed E-state index contributed by atoms with van der Waals surface area (Å²) in [6.45, 7) is 3.89. The van der Waals surface area contributed by atoms with Crippen molar-refractivity contribution < 1.29 is 9.90 Å². The molecule has 3 rings (SSSR count). The Morgan fingerprint density at radius 3 is 2.76 bits per heavy atom. The van der Waals surface area contributed by atoms with E-state index < -0.39 is 5.91 Å². The summed E-state index contributed by atoms with van der Waals surface area (Å²) in [7, 11) is 2.11. The van der Waals surface area contributed by atoms with Crippen LogP contribution in [0.15, 0.2) is 47.7 Å². The molecule has 0 aliphatic carbocycles. The highest BCUT2D eigenvalue weighted by atomic mass is 16.3. The molecule has 7 nitrogen and oxygen atoms in total. The standard InChI is InChI=1S/C18H21N5O2/c1-22-8-10-23(11-9-22)15-5-6-17(24)14(12-15)13-20-21-18(25)16-4-2-3-7-19-16/h2-7,12-13,24H,8-11H2,1H3,(H,21,25). The molecule has 1 aliphatic heterocycles. The van der Waals surface area contributed by atoms with Gasteiger partial charge in [-0.05, 0) is 37.4 Å². The van der Waals surface area contributed by atoms with Crippen LogP contribution in [-0.4, -0.2) is 60.3 Å². The molecule has 1 saturated heterocycles. The Morgan fingerprint density at radius 1 is 1.24 bits per heavy atom. The molecule has 25 heavy (non-hydrogen) atoms. The molecule has 7 heteroatoms. The van der Waals surface area contributed by atoms with Crippen LogP contribution in [0, 0.1) is 0 Å². The fourth-order valence-corrected chi connectivity index (χ4v) is 2.62.